The number of carbonyl (C=O) groups is 1. The molecule has 222 valence electrons. The maximum atomic E-state index is 12.6. The minimum Gasteiger partial charge on any atom is -0.405 e. The lowest BCUT2D eigenvalue weighted by molar-refractivity contribution is -0.122. The molecule has 0 unspecified atom stereocenters. The van der Waals surface area contributed by atoms with E-state index in [0.717, 1.165) is 38.5 Å². The Kier molecular flexibility index (Phi) is 16.0. The van der Waals surface area contributed by atoms with Gasteiger partial charge in [-0.15, -0.1) is 0 Å². The van der Waals surface area contributed by atoms with Gasteiger partial charge in [-0.1, -0.05) is 130 Å². The summed E-state index contributed by atoms with van der Waals surface area (Å²) in [7, 11) is -2.61. The molecule has 0 saturated heterocycles. The van der Waals surface area contributed by atoms with E-state index in [1.807, 2.05) is 25.1 Å². The topological polar surface area (TPSA) is 58.6 Å². The number of aliphatic hydroxyl groups excluding tert-OH is 1. The summed E-state index contributed by atoms with van der Waals surface area (Å²) in [5.74, 6) is 0.0786. The maximum absolute atomic E-state index is 12.6. The second kappa shape index (κ2) is 19.2. The van der Waals surface area contributed by atoms with Crippen LogP contribution < -0.4 is 15.7 Å². The zero-order chi connectivity index (χ0) is 29.8. The Morgan fingerprint density at radius 3 is 1.73 bits per heavy atom. The molecule has 41 heavy (non-hydrogen) atoms. The van der Waals surface area contributed by atoms with Gasteiger partial charge in [-0.3, -0.25) is 4.79 Å². The summed E-state index contributed by atoms with van der Waals surface area (Å²) in [5.41, 5.74) is 0. The standard InChI is InChI=1S/C36H51NO3Si/c1-32(37-35(39)29-23-15-13-11-9-7-5-6-8-10-12-14-16-24-30-38)31-40-41(36(2,3)4,33-25-19-17-20-26-33)34-27-21-18-22-28-34/h5,7-8,10-11,13-14,16-22,25-28,32,38H,6,9,12,15,23-24,29-31H2,1-4H3,(H,37,39)/b7-5-,10-8-,13-11-,16-14-/t32-/m1/s1. The fourth-order valence-corrected chi connectivity index (χ4v) is 9.56. The van der Waals surface area contributed by atoms with E-state index < -0.39 is 8.32 Å². The Morgan fingerprint density at radius 2 is 1.27 bits per heavy atom. The van der Waals surface area contributed by atoms with Crippen molar-refractivity contribution in [2.45, 2.75) is 83.7 Å². The molecule has 0 bridgehead atoms. The SMILES string of the molecule is C[C@H](CO[Si](c1ccccc1)(c1ccccc1)C(C)(C)C)NC(=O)CCC/C=C\C/C=C\C/C=C\C/C=C\CCO. The highest BCUT2D eigenvalue weighted by molar-refractivity contribution is 6.99. The second-order valence-electron chi connectivity index (χ2n) is 11.4. The number of rotatable bonds is 18. The van der Waals surface area contributed by atoms with Gasteiger partial charge in [0.05, 0.1) is 6.61 Å². The summed E-state index contributed by atoms with van der Waals surface area (Å²) in [5, 5.41) is 14.3. The van der Waals surface area contributed by atoms with E-state index in [-0.39, 0.29) is 23.6 Å². The molecule has 5 heteroatoms. The van der Waals surface area contributed by atoms with Gasteiger partial charge in [0, 0.05) is 19.1 Å². The van der Waals surface area contributed by atoms with Crippen molar-refractivity contribution < 1.29 is 14.3 Å². The summed E-state index contributed by atoms with van der Waals surface area (Å²) < 4.78 is 6.95. The van der Waals surface area contributed by atoms with Gasteiger partial charge in [0.15, 0.2) is 0 Å². The smallest absolute Gasteiger partial charge is 0.261 e. The molecule has 0 fully saturated rings. The van der Waals surface area contributed by atoms with Crippen LogP contribution in [-0.4, -0.2) is 38.6 Å². The second-order valence-corrected chi connectivity index (χ2v) is 15.7. The van der Waals surface area contributed by atoms with Crippen LogP contribution in [0.4, 0.5) is 0 Å². The van der Waals surface area contributed by atoms with Gasteiger partial charge < -0.3 is 14.8 Å². The molecule has 0 aliphatic rings. The molecule has 2 aromatic rings. The number of allylic oxidation sites excluding steroid dienone is 7. The molecule has 2 aromatic carbocycles. The van der Waals surface area contributed by atoms with Crippen molar-refractivity contribution in [1.29, 1.82) is 0 Å². The van der Waals surface area contributed by atoms with E-state index >= 15 is 0 Å². The lowest BCUT2D eigenvalue weighted by Crippen LogP contribution is -2.67. The van der Waals surface area contributed by atoms with Gasteiger partial charge >= 0.3 is 0 Å². The van der Waals surface area contributed by atoms with E-state index in [2.05, 4.69) is 117 Å². The average Bonchev–Trinajstić information content (AvgIpc) is 2.96. The summed E-state index contributed by atoms with van der Waals surface area (Å²) >= 11 is 0. The Bertz CT molecular complexity index is 1060. The van der Waals surface area contributed by atoms with Crippen LogP contribution in [0.3, 0.4) is 0 Å². The molecule has 4 nitrogen and oxygen atoms in total. The predicted molar refractivity (Wildman–Crippen MR) is 177 cm³/mol. The molecule has 0 spiro atoms. The van der Waals surface area contributed by atoms with Crippen LogP contribution in [0.25, 0.3) is 0 Å². The first-order valence-corrected chi connectivity index (χ1v) is 17.0. The normalized spacial score (nSPS) is 13.6. The van der Waals surface area contributed by atoms with Gasteiger partial charge in [-0.05, 0) is 60.9 Å². The zero-order valence-electron chi connectivity index (χ0n) is 25.6. The third kappa shape index (κ3) is 12.2. The van der Waals surface area contributed by atoms with Crippen LogP contribution in [0.5, 0.6) is 0 Å². The van der Waals surface area contributed by atoms with Crippen molar-refractivity contribution in [2.75, 3.05) is 13.2 Å². The summed E-state index contributed by atoms with van der Waals surface area (Å²) in [6.07, 6.45) is 22.8. The third-order valence-electron chi connectivity index (χ3n) is 6.93. The first-order valence-electron chi connectivity index (χ1n) is 15.1. The molecule has 1 atom stereocenters. The molecule has 0 radical (unpaired) electrons. The van der Waals surface area contributed by atoms with Crippen LogP contribution in [0.1, 0.15) is 72.6 Å². The molecular weight excluding hydrogens is 522 g/mol. The average molecular weight is 574 g/mol. The molecular formula is C36H51NO3Si. The van der Waals surface area contributed by atoms with Crippen molar-refractivity contribution in [3.63, 3.8) is 0 Å². The summed E-state index contributed by atoms with van der Waals surface area (Å²) in [4.78, 5) is 12.6. The molecule has 0 heterocycles. The summed E-state index contributed by atoms with van der Waals surface area (Å²) in [6, 6.07) is 21.1. The molecule has 0 saturated carbocycles. The Balaban J connectivity index is 1.77. The number of nitrogens with one attached hydrogen (secondary N) is 1. The highest BCUT2D eigenvalue weighted by Gasteiger charge is 2.50. The van der Waals surface area contributed by atoms with Crippen molar-refractivity contribution in [3.8, 4) is 0 Å². The van der Waals surface area contributed by atoms with Crippen molar-refractivity contribution in [2.24, 2.45) is 0 Å². The van der Waals surface area contributed by atoms with Gasteiger partial charge in [0.2, 0.25) is 5.91 Å². The lowest BCUT2D eigenvalue weighted by atomic mass is 10.2. The number of aliphatic hydroxyl groups is 1. The van der Waals surface area contributed by atoms with E-state index in [4.69, 9.17) is 9.53 Å². The van der Waals surface area contributed by atoms with Gasteiger partial charge in [-0.25, -0.2) is 0 Å². The molecule has 0 aliphatic heterocycles. The summed E-state index contributed by atoms with van der Waals surface area (Å²) in [6.45, 7) is 9.52. The Morgan fingerprint density at radius 1 is 0.805 bits per heavy atom. The van der Waals surface area contributed by atoms with E-state index in [1.165, 1.54) is 10.4 Å². The minimum absolute atomic E-state index is 0.0737. The first-order chi connectivity index (χ1) is 19.8. The Labute approximate surface area is 250 Å². The van der Waals surface area contributed by atoms with Gasteiger partial charge in [-0.2, -0.15) is 0 Å². The highest BCUT2D eigenvalue weighted by Crippen LogP contribution is 2.36. The van der Waals surface area contributed by atoms with Gasteiger partial charge in [0.25, 0.3) is 8.32 Å². The number of benzene rings is 2. The molecule has 1 amide bonds. The fraction of sp³-hybridized carbons (Fsp3) is 0.417. The van der Waals surface area contributed by atoms with Crippen molar-refractivity contribution >= 4 is 24.6 Å². The highest BCUT2D eigenvalue weighted by atomic mass is 28.4. The molecule has 2 rings (SSSR count). The molecule has 0 aliphatic carbocycles. The largest absolute Gasteiger partial charge is 0.405 e. The lowest BCUT2D eigenvalue weighted by Gasteiger charge is -2.43. The van der Waals surface area contributed by atoms with Crippen LogP contribution >= 0.6 is 0 Å². The van der Waals surface area contributed by atoms with E-state index in [0.29, 0.717) is 13.0 Å². The van der Waals surface area contributed by atoms with Crippen molar-refractivity contribution in [1.82, 2.24) is 5.32 Å². The van der Waals surface area contributed by atoms with E-state index in [9.17, 15) is 4.79 Å². The number of unbranched alkanes of at least 4 members (excludes halogenated alkanes) is 1. The van der Waals surface area contributed by atoms with Crippen LogP contribution in [0, 0.1) is 0 Å². The van der Waals surface area contributed by atoms with Crippen molar-refractivity contribution in [3.05, 3.63) is 109 Å². The van der Waals surface area contributed by atoms with E-state index in [1.54, 1.807) is 0 Å². The monoisotopic (exact) mass is 573 g/mol. The number of carbonyl (C=O) groups excluding carboxylic acids is 1. The molecule has 0 aromatic heterocycles. The van der Waals surface area contributed by atoms with Crippen LogP contribution in [0.15, 0.2) is 109 Å². The number of hydrogen-bond donors (Lipinski definition) is 2. The zero-order valence-corrected chi connectivity index (χ0v) is 26.6. The Hall–Kier alpha value is -2.99. The van der Waals surface area contributed by atoms with Crippen LogP contribution in [0.2, 0.25) is 5.04 Å². The quantitative estimate of drug-likeness (QED) is 0.115. The van der Waals surface area contributed by atoms with Crippen LogP contribution in [-0.2, 0) is 9.22 Å². The number of hydrogen-bond acceptors (Lipinski definition) is 3. The first kappa shape index (κ1) is 34.2. The number of amides is 1. The molecule has 2 N–H and O–H groups in total. The predicted octanol–water partition coefficient (Wildman–Crippen LogP) is 7.02. The fourth-order valence-electron chi connectivity index (χ4n) is 4.90. The third-order valence-corrected chi connectivity index (χ3v) is 11.9. The minimum atomic E-state index is -2.61. The maximum Gasteiger partial charge on any atom is 0.261 e. The van der Waals surface area contributed by atoms with Gasteiger partial charge in [0.1, 0.15) is 0 Å².